The molecule has 2 aliphatic rings. The summed E-state index contributed by atoms with van der Waals surface area (Å²) in [6.07, 6.45) is 13.4. The Morgan fingerprint density at radius 3 is 2.06 bits per heavy atom. The fourth-order valence-electron chi connectivity index (χ4n) is 3.96. The second kappa shape index (κ2) is 6.18. The van der Waals surface area contributed by atoms with Gasteiger partial charge in [0.15, 0.2) is 5.78 Å². The molecule has 0 unspecified atom stereocenters. The lowest BCUT2D eigenvalue weighted by atomic mass is 9.80. The van der Waals surface area contributed by atoms with E-state index in [-0.39, 0.29) is 5.54 Å². The highest BCUT2D eigenvalue weighted by Crippen LogP contribution is 2.36. The van der Waals surface area contributed by atoms with Crippen LogP contribution in [0.3, 0.4) is 0 Å². The van der Waals surface area contributed by atoms with Crippen LogP contribution in [0.15, 0.2) is 0 Å². The summed E-state index contributed by atoms with van der Waals surface area (Å²) in [6, 6.07) is 0. The Morgan fingerprint density at radius 1 is 1.00 bits per heavy atom. The van der Waals surface area contributed by atoms with Crippen LogP contribution in [0.2, 0.25) is 0 Å². The van der Waals surface area contributed by atoms with Gasteiger partial charge in [-0.05, 0) is 32.9 Å². The number of carbonyl (C=O) groups excluding carboxylic acids is 1. The third-order valence-electron chi connectivity index (χ3n) is 5.25. The third-order valence-corrected chi connectivity index (χ3v) is 5.25. The van der Waals surface area contributed by atoms with Crippen molar-refractivity contribution in [2.75, 3.05) is 14.1 Å². The van der Waals surface area contributed by atoms with Gasteiger partial charge in [0, 0.05) is 6.42 Å². The smallest absolute Gasteiger partial charge is 0.153 e. The Kier molecular flexibility index (Phi) is 4.83. The van der Waals surface area contributed by atoms with Crippen LogP contribution in [-0.4, -0.2) is 30.3 Å². The average molecular weight is 251 g/mol. The van der Waals surface area contributed by atoms with Crippen LogP contribution in [0.5, 0.6) is 0 Å². The zero-order valence-corrected chi connectivity index (χ0v) is 12.2. The molecular weight excluding hydrogens is 222 g/mol. The van der Waals surface area contributed by atoms with E-state index in [4.69, 9.17) is 0 Å². The van der Waals surface area contributed by atoms with Crippen LogP contribution >= 0.6 is 0 Å². The van der Waals surface area contributed by atoms with Gasteiger partial charge < -0.3 is 0 Å². The molecule has 2 fully saturated rings. The van der Waals surface area contributed by atoms with Gasteiger partial charge in [0.1, 0.15) is 0 Å². The summed E-state index contributed by atoms with van der Waals surface area (Å²) in [5, 5.41) is 0. The van der Waals surface area contributed by atoms with E-state index in [1.807, 2.05) is 0 Å². The van der Waals surface area contributed by atoms with Gasteiger partial charge in [-0.15, -0.1) is 0 Å². The molecule has 0 spiro atoms. The fourth-order valence-corrected chi connectivity index (χ4v) is 3.96. The molecule has 18 heavy (non-hydrogen) atoms. The summed E-state index contributed by atoms with van der Waals surface area (Å²) >= 11 is 0. The number of hydrogen-bond donors (Lipinski definition) is 0. The molecule has 2 nitrogen and oxygen atoms in total. The molecule has 0 aromatic carbocycles. The summed E-state index contributed by atoms with van der Waals surface area (Å²) in [5.74, 6) is 1.24. The van der Waals surface area contributed by atoms with Gasteiger partial charge >= 0.3 is 0 Å². The monoisotopic (exact) mass is 251 g/mol. The number of rotatable bonds is 4. The lowest BCUT2D eigenvalue weighted by Crippen LogP contribution is -2.51. The summed E-state index contributed by atoms with van der Waals surface area (Å²) in [5.41, 5.74) is -0.126. The third kappa shape index (κ3) is 2.96. The Labute approximate surface area is 112 Å². The molecule has 0 N–H and O–H groups in total. The van der Waals surface area contributed by atoms with Crippen LogP contribution in [0, 0.1) is 5.92 Å². The van der Waals surface area contributed by atoms with E-state index in [0.29, 0.717) is 11.7 Å². The molecule has 2 saturated carbocycles. The van der Waals surface area contributed by atoms with E-state index in [1.54, 1.807) is 0 Å². The highest BCUT2D eigenvalue weighted by molar-refractivity contribution is 5.88. The second-order valence-corrected chi connectivity index (χ2v) is 6.62. The number of Topliss-reactive ketones (excluding diaryl/α,β-unsaturated/α-hetero) is 1. The first-order valence-electron chi connectivity index (χ1n) is 7.86. The van der Waals surface area contributed by atoms with E-state index >= 15 is 0 Å². The van der Waals surface area contributed by atoms with E-state index in [9.17, 15) is 4.79 Å². The molecule has 0 heterocycles. The lowest BCUT2D eigenvalue weighted by molar-refractivity contribution is -0.131. The Morgan fingerprint density at radius 2 is 1.56 bits per heavy atom. The maximum atomic E-state index is 12.8. The van der Waals surface area contributed by atoms with Crippen LogP contribution in [0.1, 0.15) is 70.6 Å². The maximum absolute atomic E-state index is 12.8. The van der Waals surface area contributed by atoms with Crippen molar-refractivity contribution in [3.8, 4) is 0 Å². The topological polar surface area (TPSA) is 20.3 Å². The van der Waals surface area contributed by atoms with Crippen molar-refractivity contribution in [1.82, 2.24) is 4.90 Å². The molecule has 0 aromatic heterocycles. The number of likely N-dealkylation sites (N-methyl/N-ethyl adjacent to an activating group) is 1. The van der Waals surface area contributed by atoms with Gasteiger partial charge in [0.05, 0.1) is 5.54 Å². The predicted molar refractivity (Wildman–Crippen MR) is 75.7 cm³/mol. The molecule has 2 heteroatoms. The van der Waals surface area contributed by atoms with Crippen molar-refractivity contribution >= 4 is 5.78 Å². The molecule has 0 aliphatic heterocycles. The Hall–Kier alpha value is -0.370. The first-order chi connectivity index (χ1) is 8.65. The van der Waals surface area contributed by atoms with Crippen molar-refractivity contribution in [3.05, 3.63) is 0 Å². The maximum Gasteiger partial charge on any atom is 0.153 e. The SMILES string of the molecule is CN(C)C1(C(=O)CC2CCCC2)CCCCCC1. The van der Waals surface area contributed by atoms with E-state index < -0.39 is 0 Å². The Balaban J connectivity index is 2.04. The normalized spacial score (nSPS) is 25.3. The highest BCUT2D eigenvalue weighted by atomic mass is 16.1. The van der Waals surface area contributed by atoms with E-state index in [1.165, 1.54) is 51.4 Å². The lowest BCUT2D eigenvalue weighted by Gasteiger charge is -2.38. The van der Waals surface area contributed by atoms with Crippen molar-refractivity contribution < 1.29 is 4.79 Å². The van der Waals surface area contributed by atoms with Gasteiger partial charge in [0.2, 0.25) is 0 Å². The van der Waals surface area contributed by atoms with Crippen LogP contribution < -0.4 is 0 Å². The van der Waals surface area contributed by atoms with Gasteiger partial charge in [-0.3, -0.25) is 9.69 Å². The number of nitrogens with zero attached hydrogens (tertiary/aromatic N) is 1. The summed E-state index contributed by atoms with van der Waals surface area (Å²) in [4.78, 5) is 15.1. The first-order valence-corrected chi connectivity index (χ1v) is 7.86. The van der Waals surface area contributed by atoms with Crippen molar-refractivity contribution in [2.24, 2.45) is 5.92 Å². The zero-order chi connectivity index (χ0) is 13.0. The highest BCUT2D eigenvalue weighted by Gasteiger charge is 2.40. The largest absolute Gasteiger partial charge is 0.298 e. The van der Waals surface area contributed by atoms with Gasteiger partial charge in [-0.2, -0.15) is 0 Å². The Bertz CT molecular complexity index is 271. The molecular formula is C16H29NO. The van der Waals surface area contributed by atoms with E-state index in [0.717, 1.165) is 19.3 Å². The minimum Gasteiger partial charge on any atom is -0.298 e. The summed E-state index contributed by atoms with van der Waals surface area (Å²) in [6.45, 7) is 0. The number of ketones is 1. The number of hydrogen-bond acceptors (Lipinski definition) is 2. The molecule has 2 rings (SSSR count). The summed E-state index contributed by atoms with van der Waals surface area (Å²) in [7, 11) is 4.22. The minimum absolute atomic E-state index is 0.126. The van der Waals surface area contributed by atoms with Gasteiger partial charge in [-0.1, -0.05) is 51.4 Å². The molecule has 0 bridgehead atoms. The van der Waals surface area contributed by atoms with Crippen LogP contribution in [-0.2, 0) is 4.79 Å². The number of carbonyl (C=O) groups is 1. The van der Waals surface area contributed by atoms with Crippen molar-refractivity contribution in [3.63, 3.8) is 0 Å². The summed E-state index contributed by atoms with van der Waals surface area (Å²) < 4.78 is 0. The van der Waals surface area contributed by atoms with Gasteiger partial charge in [0.25, 0.3) is 0 Å². The zero-order valence-electron chi connectivity index (χ0n) is 12.2. The molecule has 0 amide bonds. The molecule has 104 valence electrons. The first kappa shape index (κ1) is 14.0. The van der Waals surface area contributed by atoms with Crippen LogP contribution in [0.4, 0.5) is 0 Å². The van der Waals surface area contributed by atoms with Crippen molar-refractivity contribution in [1.29, 1.82) is 0 Å². The van der Waals surface area contributed by atoms with Crippen molar-refractivity contribution in [2.45, 2.75) is 76.2 Å². The molecule has 0 saturated heterocycles. The van der Waals surface area contributed by atoms with Gasteiger partial charge in [-0.25, -0.2) is 0 Å². The second-order valence-electron chi connectivity index (χ2n) is 6.62. The minimum atomic E-state index is -0.126. The predicted octanol–water partition coefficient (Wildman–Crippen LogP) is 3.79. The molecule has 2 aliphatic carbocycles. The standard InChI is InChI=1S/C16H29NO/c1-17(2)16(11-7-3-4-8-12-16)15(18)13-14-9-5-6-10-14/h14H,3-13H2,1-2H3. The molecule has 0 radical (unpaired) electrons. The average Bonchev–Trinajstić information content (AvgIpc) is 2.70. The molecule has 0 aromatic rings. The fraction of sp³-hybridized carbons (Fsp3) is 0.938. The van der Waals surface area contributed by atoms with Crippen LogP contribution in [0.25, 0.3) is 0 Å². The van der Waals surface area contributed by atoms with E-state index in [2.05, 4.69) is 19.0 Å². The quantitative estimate of drug-likeness (QED) is 0.709. The molecule has 0 atom stereocenters.